The number of carbonyl (C=O) groups excluding carboxylic acids is 2. The standard InChI is InChI=1S/C32H43N5O3S/c1-6-13-36(14-7-2)30(38)26-15-25-12-11-24(17-28(25)35-29(33)18-26)23-9-8-10-27(16-23)41-37-20-22(21-37)19-34-31(39)40-32(3,4)5/h8-12,15-17,22H,6-7,13-14,18-21H2,1-5H3,(H2,33,35)(H,34,39). The van der Waals surface area contributed by atoms with Crippen molar-refractivity contribution < 1.29 is 14.3 Å². The molecule has 0 atom stereocenters. The lowest BCUT2D eigenvalue weighted by molar-refractivity contribution is -0.127. The van der Waals surface area contributed by atoms with Crippen LogP contribution in [0, 0.1) is 5.92 Å². The number of hydrogen-bond donors (Lipinski definition) is 2. The number of amidine groups is 1. The summed E-state index contributed by atoms with van der Waals surface area (Å²) >= 11 is 1.72. The van der Waals surface area contributed by atoms with Gasteiger partial charge in [-0.3, -0.25) is 4.79 Å². The molecule has 2 aliphatic rings. The Hall–Kier alpha value is -3.30. The molecule has 2 aliphatic heterocycles. The van der Waals surface area contributed by atoms with Crippen molar-refractivity contribution in [2.24, 2.45) is 16.6 Å². The fourth-order valence-corrected chi connectivity index (χ4v) is 6.10. The van der Waals surface area contributed by atoms with Crippen molar-refractivity contribution >= 4 is 41.5 Å². The van der Waals surface area contributed by atoms with Crippen molar-refractivity contribution in [2.45, 2.75) is 64.4 Å². The van der Waals surface area contributed by atoms with Gasteiger partial charge >= 0.3 is 6.09 Å². The summed E-state index contributed by atoms with van der Waals surface area (Å²) in [4.78, 5) is 32.9. The second-order valence-electron chi connectivity index (χ2n) is 11.7. The summed E-state index contributed by atoms with van der Waals surface area (Å²) in [5.41, 5.74) is 10.3. The number of aliphatic imine (C=N–C) groups is 1. The van der Waals surface area contributed by atoms with Crippen LogP contribution in [0.2, 0.25) is 0 Å². The summed E-state index contributed by atoms with van der Waals surface area (Å²) in [5.74, 6) is 0.903. The molecule has 0 saturated carbocycles. The first-order valence-corrected chi connectivity index (χ1v) is 15.3. The smallest absolute Gasteiger partial charge is 0.407 e. The van der Waals surface area contributed by atoms with Gasteiger partial charge in [-0.15, -0.1) is 0 Å². The van der Waals surface area contributed by atoms with E-state index >= 15 is 0 Å². The molecule has 0 unspecified atom stereocenters. The molecule has 1 fully saturated rings. The number of carbonyl (C=O) groups is 2. The molecule has 2 amide bonds. The second-order valence-corrected chi connectivity index (χ2v) is 12.9. The normalized spacial score (nSPS) is 15.6. The van der Waals surface area contributed by atoms with Crippen molar-refractivity contribution in [3.8, 4) is 11.1 Å². The van der Waals surface area contributed by atoms with Crippen molar-refractivity contribution in [1.82, 2.24) is 14.5 Å². The van der Waals surface area contributed by atoms with Crippen LogP contribution < -0.4 is 11.1 Å². The van der Waals surface area contributed by atoms with E-state index in [2.05, 4.69) is 58.8 Å². The number of alkyl carbamates (subject to hydrolysis) is 1. The van der Waals surface area contributed by atoms with Crippen LogP contribution in [0.5, 0.6) is 0 Å². The minimum Gasteiger partial charge on any atom is -0.444 e. The number of nitrogens with one attached hydrogen (secondary N) is 1. The highest BCUT2D eigenvalue weighted by Gasteiger charge is 2.28. The number of rotatable bonds is 10. The third-order valence-corrected chi connectivity index (χ3v) is 7.83. The highest BCUT2D eigenvalue weighted by atomic mass is 32.2. The summed E-state index contributed by atoms with van der Waals surface area (Å²) in [5, 5.41) is 2.87. The number of ether oxygens (including phenoxy) is 1. The summed E-state index contributed by atoms with van der Waals surface area (Å²) < 4.78 is 7.62. The lowest BCUT2D eigenvalue weighted by atomic mass is 10.0. The minimum atomic E-state index is -0.490. The van der Waals surface area contributed by atoms with Crippen LogP contribution in [0.15, 0.2) is 57.9 Å². The van der Waals surface area contributed by atoms with Gasteiger partial charge in [0.1, 0.15) is 11.4 Å². The van der Waals surface area contributed by atoms with Crippen molar-refractivity contribution in [1.29, 1.82) is 0 Å². The summed E-state index contributed by atoms with van der Waals surface area (Å²) in [6.45, 7) is 13.7. The molecular formula is C32H43N5O3S. The van der Waals surface area contributed by atoms with E-state index in [0.29, 0.717) is 30.3 Å². The number of amides is 2. The molecular weight excluding hydrogens is 534 g/mol. The van der Waals surface area contributed by atoms with Crippen LogP contribution in [0.25, 0.3) is 17.2 Å². The lowest BCUT2D eigenvalue weighted by Gasteiger charge is -2.38. The highest BCUT2D eigenvalue weighted by molar-refractivity contribution is 7.97. The highest BCUT2D eigenvalue weighted by Crippen LogP contribution is 2.35. The largest absolute Gasteiger partial charge is 0.444 e. The Morgan fingerprint density at radius 1 is 1.10 bits per heavy atom. The Morgan fingerprint density at radius 2 is 1.80 bits per heavy atom. The maximum atomic E-state index is 13.3. The fraction of sp³-hybridized carbons (Fsp3) is 0.469. The van der Waals surface area contributed by atoms with Crippen molar-refractivity contribution in [3.63, 3.8) is 0 Å². The Morgan fingerprint density at radius 3 is 2.49 bits per heavy atom. The van der Waals surface area contributed by atoms with Gasteiger partial charge in [-0.1, -0.05) is 38.1 Å². The molecule has 8 nitrogen and oxygen atoms in total. The molecule has 1 saturated heterocycles. The Bertz CT molecular complexity index is 1300. The van der Waals surface area contributed by atoms with Crippen LogP contribution in [0.3, 0.4) is 0 Å². The second kappa shape index (κ2) is 13.6. The molecule has 41 heavy (non-hydrogen) atoms. The summed E-state index contributed by atoms with van der Waals surface area (Å²) in [6.07, 6.45) is 3.78. The zero-order valence-corrected chi connectivity index (χ0v) is 25.7. The first kappa shape index (κ1) is 30.7. The topological polar surface area (TPSA) is 100 Å². The SMILES string of the molecule is CCCN(CCC)C(=O)C1=Cc2ccc(-c3cccc(SN4CC(CNC(=O)OC(C)(C)C)C4)c3)cc2N=C(N)C1. The van der Waals surface area contributed by atoms with Crippen molar-refractivity contribution in [2.75, 3.05) is 32.7 Å². The number of nitrogens with zero attached hydrogens (tertiary/aromatic N) is 3. The van der Waals surface area contributed by atoms with Crippen LogP contribution >= 0.6 is 11.9 Å². The Labute approximate surface area is 248 Å². The number of benzene rings is 2. The molecule has 0 aliphatic carbocycles. The molecule has 4 rings (SSSR count). The van der Waals surface area contributed by atoms with E-state index in [9.17, 15) is 9.59 Å². The molecule has 2 aromatic carbocycles. The van der Waals surface area contributed by atoms with Gasteiger partial charge < -0.3 is 20.7 Å². The first-order chi connectivity index (χ1) is 19.5. The monoisotopic (exact) mass is 577 g/mol. The van der Waals surface area contributed by atoms with Crippen molar-refractivity contribution in [3.05, 3.63) is 53.6 Å². The van der Waals surface area contributed by atoms with Gasteiger partial charge in [0.15, 0.2) is 0 Å². The average Bonchev–Trinajstić information content (AvgIpc) is 3.06. The van der Waals surface area contributed by atoms with E-state index < -0.39 is 5.60 Å². The van der Waals surface area contributed by atoms with Gasteiger partial charge in [0, 0.05) is 61.1 Å². The zero-order chi connectivity index (χ0) is 29.6. The van der Waals surface area contributed by atoms with E-state index in [1.54, 1.807) is 11.9 Å². The summed E-state index contributed by atoms with van der Waals surface area (Å²) in [7, 11) is 0. The van der Waals surface area contributed by atoms with Crippen LogP contribution in [-0.2, 0) is 9.53 Å². The van der Waals surface area contributed by atoms with E-state index in [0.717, 1.165) is 66.3 Å². The molecule has 0 spiro atoms. The van der Waals surface area contributed by atoms with E-state index in [4.69, 9.17) is 10.5 Å². The predicted octanol–water partition coefficient (Wildman–Crippen LogP) is 6.24. The number of fused-ring (bicyclic) bond motifs is 1. The Balaban J connectivity index is 1.40. The van der Waals surface area contributed by atoms with Crippen LogP contribution in [0.1, 0.15) is 59.4 Å². The van der Waals surface area contributed by atoms with Gasteiger partial charge in [-0.2, -0.15) is 0 Å². The summed E-state index contributed by atoms with van der Waals surface area (Å²) in [6, 6.07) is 14.6. The van der Waals surface area contributed by atoms with Gasteiger partial charge in [0.05, 0.1) is 5.69 Å². The van der Waals surface area contributed by atoms with E-state index in [1.165, 1.54) is 0 Å². The van der Waals surface area contributed by atoms with Gasteiger partial charge in [0.25, 0.3) is 0 Å². The lowest BCUT2D eigenvalue weighted by Crippen LogP contribution is -2.48. The average molecular weight is 578 g/mol. The number of hydrogen-bond acceptors (Lipinski definition) is 7. The Kier molecular flexibility index (Phi) is 10.1. The third-order valence-electron chi connectivity index (χ3n) is 6.80. The first-order valence-electron chi connectivity index (χ1n) is 14.5. The molecule has 3 N–H and O–H groups in total. The maximum Gasteiger partial charge on any atom is 0.407 e. The quantitative estimate of drug-likeness (QED) is 0.324. The van der Waals surface area contributed by atoms with Gasteiger partial charge in [-0.25, -0.2) is 14.1 Å². The van der Waals surface area contributed by atoms with Crippen LogP contribution in [0.4, 0.5) is 10.5 Å². The molecule has 0 aromatic heterocycles. The molecule has 0 bridgehead atoms. The fourth-order valence-electron chi connectivity index (χ4n) is 4.91. The molecule has 2 heterocycles. The number of nitrogens with two attached hydrogens (primary N) is 1. The molecule has 2 aromatic rings. The molecule has 9 heteroatoms. The van der Waals surface area contributed by atoms with Gasteiger partial charge in [-0.05, 0) is 81.0 Å². The predicted molar refractivity (Wildman–Crippen MR) is 168 cm³/mol. The van der Waals surface area contributed by atoms with E-state index in [1.807, 2.05) is 43.9 Å². The van der Waals surface area contributed by atoms with Gasteiger partial charge in [0.2, 0.25) is 5.91 Å². The molecule has 0 radical (unpaired) electrons. The zero-order valence-electron chi connectivity index (χ0n) is 24.9. The third kappa shape index (κ3) is 8.60. The van der Waals surface area contributed by atoms with Crippen LogP contribution in [-0.4, -0.2) is 65.4 Å². The van der Waals surface area contributed by atoms with E-state index in [-0.39, 0.29) is 12.0 Å². The maximum absolute atomic E-state index is 13.3. The molecule has 220 valence electrons. The minimum absolute atomic E-state index is 0.0438.